The second kappa shape index (κ2) is 6.78. The lowest BCUT2D eigenvalue weighted by Gasteiger charge is -2.03. The minimum absolute atomic E-state index is 0.0969. The fourth-order valence-corrected chi connectivity index (χ4v) is 1.84. The summed E-state index contributed by atoms with van der Waals surface area (Å²) >= 11 is 0. The molecule has 84 valence electrons. The Kier molecular flexibility index (Phi) is 6.48. The van der Waals surface area contributed by atoms with Crippen LogP contribution in [0.3, 0.4) is 0 Å². The number of ether oxygens (including phenoxy) is 1. The number of rotatable bonds is 8. The summed E-state index contributed by atoms with van der Waals surface area (Å²) in [5.41, 5.74) is 0. The van der Waals surface area contributed by atoms with Crippen molar-refractivity contribution in [2.24, 2.45) is 0 Å². The zero-order chi connectivity index (χ0) is 11.0. The molecule has 5 nitrogen and oxygen atoms in total. The lowest BCUT2D eigenvalue weighted by Crippen LogP contribution is -2.18. The molecule has 6 heteroatoms. The monoisotopic (exact) mass is 224 g/mol. The zero-order valence-electron chi connectivity index (χ0n) is 8.23. The van der Waals surface area contributed by atoms with E-state index in [1.807, 2.05) is 6.92 Å². The molecule has 0 fully saturated rings. The molecule has 0 aliphatic heterocycles. The summed E-state index contributed by atoms with van der Waals surface area (Å²) in [7, 11) is -3.26. The molecular weight excluding hydrogens is 208 g/mol. The Labute approximate surface area is 84.0 Å². The second-order valence-corrected chi connectivity index (χ2v) is 5.21. The van der Waals surface area contributed by atoms with Crippen LogP contribution in [-0.2, 0) is 19.4 Å². The first-order valence-electron chi connectivity index (χ1n) is 4.48. The van der Waals surface area contributed by atoms with Crippen LogP contribution in [0.5, 0.6) is 0 Å². The van der Waals surface area contributed by atoms with Crippen LogP contribution in [0.1, 0.15) is 19.8 Å². The summed E-state index contributed by atoms with van der Waals surface area (Å²) < 4.78 is 27.3. The number of carbonyl (C=O) groups is 1. The highest BCUT2D eigenvalue weighted by atomic mass is 32.2. The molecule has 0 saturated carbocycles. The Hall–Kier alpha value is -0.620. The lowest BCUT2D eigenvalue weighted by atomic mass is 10.5. The normalized spacial score (nSPS) is 11.5. The number of hydrogen-bond acceptors (Lipinski definition) is 4. The molecule has 0 rings (SSSR count). The van der Waals surface area contributed by atoms with E-state index in [2.05, 4.69) is 0 Å². The average molecular weight is 224 g/mol. The van der Waals surface area contributed by atoms with Gasteiger partial charge in [-0.25, -0.2) is 8.42 Å². The van der Waals surface area contributed by atoms with Gasteiger partial charge in [-0.1, -0.05) is 6.92 Å². The molecule has 0 atom stereocenters. The summed E-state index contributed by atoms with van der Waals surface area (Å²) in [5.74, 6) is -1.50. The molecule has 0 unspecified atom stereocenters. The van der Waals surface area contributed by atoms with E-state index in [9.17, 15) is 13.2 Å². The van der Waals surface area contributed by atoms with Gasteiger partial charge in [-0.15, -0.1) is 0 Å². The van der Waals surface area contributed by atoms with Crippen LogP contribution in [0.15, 0.2) is 0 Å². The van der Waals surface area contributed by atoms with Crippen molar-refractivity contribution in [2.45, 2.75) is 19.8 Å². The summed E-state index contributed by atoms with van der Waals surface area (Å²) in [5, 5.41) is 8.29. The standard InChI is InChI=1S/C8H16O5S/c1-2-4-13-5-7-14(11,12)6-3-8(9)10/h2-7H2,1H3,(H,9,10). The fourth-order valence-electron chi connectivity index (χ4n) is 0.777. The third kappa shape index (κ3) is 8.00. The summed E-state index contributed by atoms with van der Waals surface area (Å²) in [4.78, 5) is 10.1. The highest BCUT2D eigenvalue weighted by Crippen LogP contribution is 1.95. The lowest BCUT2D eigenvalue weighted by molar-refractivity contribution is -0.136. The molecule has 0 heterocycles. The Morgan fingerprint density at radius 2 is 1.93 bits per heavy atom. The van der Waals surface area contributed by atoms with Gasteiger partial charge in [0.15, 0.2) is 9.84 Å². The minimum Gasteiger partial charge on any atom is -0.481 e. The maximum Gasteiger partial charge on any atom is 0.304 e. The van der Waals surface area contributed by atoms with Gasteiger partial charge in [-0.05, 0) is 6.42 Å². The van der Waals surface area contributed by atoms with E-state index in [0.717, 1.165) is 6.42 Å². The molecule has 0 aliphatic rings. The van der Waals surface area contributed by atoms with Crippen molar-refractivity contribution in [3.8, 4) is 0 Å². The molecule has 1 N–H and O–H groups in total. The molecule has 0 bridgehead atoms. The number of sulfone groups is 1. The molecule has 0 aromatic carbocycles. The van der Waals surface area contributed by atoms with Crippen molar-refractivity contribution in [1.82, 2.24) is 0 Å². The highest BCUT2D eigenvalue weighted by Gasteiger charge is 2.12. The van der Waals surface area contributed by atoms with Crippen molar-refractivity contribution in [2.75, 3.05) is 24.7 Å². The molecule has 0 aliphatic carbocycles. The highest BCUT2D eigenvalue weighted by molar-refractivity contribution is 7.91. The van der Waals surface area contributed by atoms with E-state index < -0.39 is 15.8 Å². The van der Waals surface area contributed by atoms with E-state index in [4.69, 9.17) is 9.84 Å². The number of carboxylic acid groups (broad SMARTS) is 1. The molecule has 0 aromatic heterocycles. The Bertz CT molecular complexity index is 257. The largest absolute Gasteiger partial charge is 0.481 e. The van der Waals surface area contributed by atoms with Gasteiger partial charge in [0.05, 0.1) is 24.5 Å². The maximum absolute atomic E-state index is 11.2. The topological polar surface area (TPSA) is 80.7 Å². The van der Waals surface area contributed by atoms with Gasteiger partial charge in [0.1, 0.15) is 0 Å². The average Bonchev–Trinajstić information content (AvgIpc) is 2.10. The van der Waals surface area contributed by atoms with Gasteiger partial charge < -0.3 is 9.84 Å². The van der Waals surface area contributed by atoms with Crippen LogP contribution in [0, 0.1) is 0 Å². The smallest absolute Gasteiger partial charge is 0.304 e. The van der Waals surface area contributed by atoms with Gasteiger partial charge in [0.25, 0.3) is 0 Å². The quantitative estimate of drug-likeness (QED) is 0.600. The van der Waals surface area contributed by atoms with Crippen LogP contribution in [0.25, 0.3) is 0 Å². The molecule has 0 amide bonds. The number of aliphatic carboxylic acids is 1. The summed E-state index contributed by atoms with van der Waals surface area (Å²) in [6.07, 6.45) is 0.505. The molecule has 0 radical (unpaired) electrons. The van der Waals surface area contributed by atoms with Crippen LogP contribution < -0.4 is 0 Å². The maximum atomic E-state index is 11.2. The third-order valence-electron chi connectivity index (χ3n) is 1.51. The predicted molar refractivity (Wildman–Crippen MR) is 52.0 cm³/mol. The Balaban J connectivity index is 3.67. The SMILES string of the molecule is CCCOCCS(=O)(=O)CCC(=O)O. The van der Waals surface area contributed by atoms with E-state index in [1.165, 1.54) is 0 Å². The first kappa shape index (κ1) is 13.4. The van der Waals surface area contributed by atoms with Crippen LogP contribution in [-0.4, -0.2) is 44.2 Å². The van der Waals surface area contributed by atoms with Gasteiger partial charge in [-0.3, -0.25) is 4.79 Å². The zero-order valence-corrected chi connectivity index (χ0v) is 9.05. The van der Waals surface area contributed by atoms with Gasteiger partial charge in [0.2, 0.25) is 0 Å². The fraction of sp³-hybridized carbons (Fsp3) is 0.875. The molecule has 0 saturated heterocycles. The van der Waals surface area contributed by atoms with Crippen molar-refractivity contribution in [3.63, 3.8) is 0 Å². The van der Waals surface area contributed by atoms with E-state index in [1.54, 1.807) is 0 Å². The third-order valence-corrected chi connectivity index (χ3v) is 3.13. The molecule has 14 heavy (non-hydrogen) atoms. The summed E-state index contributed by atoms with van der Waals surface area (Å²) in [6, 6.07) is 0. The van der Waals surface area contributed by atoms with Crippen LogP contribution in [0.2, 0.25) is 0 Å². The first-order chi connectivity index (χ1) is 6.48. The van der Waals surface area contributed by atoms with Crippen molar-refractivity contribution in [3.05, 3.63) is 0 Å². The molecule has 0 spiro atoms. The van der Waals surface area contributed by atoms with E-state index >= 15 is 0 Å². The van der Waals surface area contributed by atoms with Gasteiger partial charge >= 0.3 is 5.97 Å². The van der Waals surface area contributed by atoms with Gasteiger partial charge in [-0.2, -0.15) is 0 Å². The first-order valence-corrected chi connectivity index (χ1v) is 6.30. The second-order valence-electron chi connectivity index (χ2n) is 2.91. The van der Waals surface area contributed by atoms with Crippen molar-refractivity contribution < 1.29 is 23.1 Å². The Morgan fingerprint density at radius 1 is 1.29 bits per heavy atom. The Morgan fingerprint density at radius 3 is 2.43 bits per heavy atom. The van der Waals surface area contributed by atoms with Crippen molar-refractivity contribution >= 4 is 15.8 Å². The van der Waals surface area contributed by atoms with E-state index in [0.29, 0.717) is 6.61 Å². The number of carboxylic acids is 1. The minimum atomic E-state index is -3.26. The molecular formula is C8H16O5S. The van der Waals surface area contributed by atoms with Crippen molar-refractivity contribution in [1.29, 1.82) is 0 Å². The number of hydrogen-bond donors (Lipinski definition) is 1. The van der Waals surface area contributed by atoms with E-state index in [-0.39, 0.29) is 24.5 Å². The summed E-state index contributed by atoms with van der Waals surface area (Å²) in [6.45, 7) is 2.61. The van der Waals surface area contributed by atoms with Crippen LogP contribution >= 0.6 is 0 Å². The molecule has 0 aromatic rings. The van der Waals surface area contributed by atoms with Crippen LogP contribution in [0.4, 0.5) is 0 Å². The van der Waals surface area contributed by atoms with Gasteiger partial charge in [0, 0.05) is 6.61 Å². The predicted octanol–water partition coefficient (Wildman–Crippen LogP) is 0.302.